The molecule has 1 aliphatic rings. The number of aromatic hydroxyl groups is 1. The van der Waals surface area contributed by atoms with Crippen LogP contribution in [0.2, 0.25) is 0 Å². The van der Waals surface area contributed by atoms with E-state index >= 15 is 0 Å². The Morgan fingerprint density at radius 2 is 1.77 bits per heavy atom. The van der Waals surface area contributed by atoms with Crippen LogP contribution in [-0.4, -0.2) is 40.0 Å². The van der Waals surface area contributed by atoms with Crippen LogP contribution in [0.15, 0.2) is 48.0 Å². The van der Waals surface area contributed by atoms with E-state index in [0.717, 1.165) is 12.0 Å². The van der Waals surface area contributed by atoms with Gasteiger partial charge in [-0.2, -0.15) is 0 Å². The minimum absolute atomic E-state index is 0.0248. The van der Waals surface area contributed by atoms with Gasteiger partial charge >= 0.3 is 0 Å². The molecule has 2 N–H and O–H groups in total. The number of phenols is 1. The first-order valence-electron chi connectivity index (χ1n) is 10.3. The summed E-state index contributed by atoms with van der Waals surface area (Å²) in [6.07, 6.45) is 1.51. The highest BCUT2D eigenvalue weighted by atomic mass is 16.5. The lowest BCUT2D eigenvalue weighted by atomic mass is 9.94. The summed E-state index contributed by atoms with van der Waals surface area (Å²) in [6.45, 7) is 6.48. The van der Waals surface area contributed by atoms with E-state index in [1.165, 1.54) is 11.0 Å². The number of aryl methyl sites for hydroxylation is 1. The number of rotatable bonds is 7. The Morgan fingerprint density at radius 3 is 2.37 bits per heavy atom. The zero-order valence-corrected chi connectivity index (χ0v) is 17.5. The van der Waals surface area contributed by atoms with Gasteiger partial charge in [-0.25, -0.2) is 0 Å². The van der Waals surface area contributed by atoms with Crippen LogP contribution < -0.4 is 4.74 Å². The molecule has 0 aromatic heterocycles. The third kappa shape index (κ3) is 3.90. The first kappa shape index (κ1) is 21.4. The summed E-state index contributed by atoms with van der Waals surface area (Å²) in [4.78, 5) is 27.1. The summed E-state index contributed by atoms with van der Waals surface area (Å²) in [5, 5.41) is 21.1. The molecule has 2 aromatic carbocycles. The molecule has 0 bridgehead atoms. The van der Waals surface area contributed by atoms with E-state index in [0.29, 0.717) is 30.7 Å². The van der Waals surface area contributed by atoms with E-state index in [1.54, 1.807) is 31.2 Å². The number of nitrogens with zero attached hydrogens (tertiary/aromatic N) is 1. The number of carbonyl (C=O) groups excluding carboxylic acids is 2. The Balaban J connectivity index is 2.17. The number of likely N-dealkylation sites (tertiary alicyclic amines) is 1. The van der Waals surface area contributed by atoms with Gasteiger partial charge in [0.15, 0.2) is 11.5 Å². The fourth-order valence-corrected chi connectivity index (χ4v) is 3.72. The number of hydrogen-bond acceptors (Lipinski definition) is 5. The number of benzene rings is 2. The smallest absolute Gasteiger partial charge is 0.295 e. The quantitative estimate of drug-likeness (QED) is 0.407. The van der Waals surface area contributed by atoms with E-state index in [9.17, 15) is 19.8 Å². The first-order valence-corrected chi connectivity index (χ1v) is 10.3. The number of ether oxygens (including phenoxy) is 1. The second-order valence-corrected chi connectivity index (χ2v) is 7.20. The zero-order chi connectivity index (χ0) is 21.8. The number of aliphatic hydroxyl groups excluding tert-OH is 1. The molecule has 0 aliphatic carbocycles. The number of aliphatic hydroxyl groups is 1. The van der Waals surface area contributed by atoms with Crippen molar-refractivity contribution in [2.75, 3.05) is 13.2 Å². The summed E-state index contributed by atoms with van der Waals surface area (Å²) < 4.78 is 5.47. The first-order chi connectivity index (χ1) is 14.4. The van der Waals surface area contributed by atoms with Gasteiger partial charge in [-0.3, -0.25) is 9.59 Å². The number of ketones is 1. The van der Waals surface area contributed by atoms with Crippen LogP contribution in [0.5, 0.6) is 11.5 Å². The Morgan fingerprint density at radius 1 is 1.07 bits per heavy atom. The number of hydrogen-bond donors (Lipinski definition) is 2. The van der Waals surface area contributed by atoms with Gasteiger partial charge in [0.05, 0.1) is 18.2 Å². The summed E-state index contributed by atoms with van der Waals surface area (Å²) in [5.74, 6) is -1.31. The number of phenolic OH excluding ortho intramolecular Hbond substituents is 1. The summed E-state index contributed by atoms with van der Waals surface area (Å²) in [5.41, 5.74) is 2.23. The predicted octanol–water partition coefficient (Wildman–Crippen LogP) is 4.19. The highest BCUT2D eigenvalue weighted by Crippen LogP contribution is 2.41. The highest BCUT2D eigenvalue weighted by Gasteiger charge is 2.45. The highest BCUT2D eigenvalue weighted by molar-refractivity contribution is 6.46. The van der Waals surface area contributed by atoms with Crippen molar-refractivity contribution in [2.45, 2.75) is 39.7 Å². The average molecular weight is 409 g/mol. The molecular weight excluding hydrogens is 382 g/mol. The molecule has 1 fully saturated rings. The topological polar surface area (TPSA) is 87.1 Å². The molecule has 1 aliphatic heterocycles. The van der Waals surface area contributed by atoms with Crippen molar-refractivity contribution in [1.82, 2.24) is 4.90 Å². The van der Waals surface area contributed by atoms with Crippen LogP contribution in [0.25, 0.3) is 5.76 Å². The molecule has 1 unspecified atom stereocenters. The Hall–Kier alpha value is -3.28. The van der Waals surface area contributed by atoms with Crippen LogP contribution in [0.1, 0.15) is 49.9 Å². The fraction of sp³-hybridized carbons (Fsp3) is 0.333. The zero-order valence-electron chi connectivity index (χ0n) is 17.5. The second-order valence-electron chi connectivity index (χ2n) is 7.20. The van der Waals surface area contributed by atoms with Crippen LogP contribution in [0, 0.1) is 0 Å². The van der Waals surface area contributed by atoms with E-state index < -0.39 is 17.7 Å². The van der Waals surface area contributed by atoms with E-state index in [1.807, 2.05) is 26.0 Å². The van der Waals surface area contributed by atoms with E-state index in [-0.39, 0.29) is 22.8 Å². The monoisotopic (exact) mass is 409 g/mol. The van der Waals surface area contributed by atoms with Crippen molar-refractivity contribution in [3.05, 3.63) is 64.7 Å². The van der Waals surface area contributed by atoms with Gasteiger partial charge in [-0.15, -0.1) is 0 Å². The number of carbonyl (C=O) groups is 2. The van der Waals surface area contributed by atoms with Crippen molar-refractivity contribution in [3.63, 3.8) is 0 Å². The molecule has 158 valence electrons. The maximum Gasteiger partial charge on any atom is 0.295 e. The Kier molecular flexibility index (Phi) is 6.45. The largest absolute Gasteiger partial charge is 0.507 e. The predicted molar refractivity (Wildman–Crippen MR) is 114 cm³/mol. The summed E-state index contributed by atoms with van der Waals surface area (Å²) in [7, 11) is 0. The minimum Gasteiger partial charge on any atom is -0.507 e. The van der Waals surface area contributed by atoms with E-state index in [2.05, 4.69) is 0 Å². The molecule has 6 nitrogen and oxygen atoms in total. The van der Waals surface area contributed by atoms with Crippen LogP contribution in [-0.2, 0) is 16.0 Å². The van der Waals surface area contributed by atoms with Crippen molar-refractivity contribution in [3.8, 4) is 11.5 Å². The third-order valence-corrected chi connectivity index (χ3v) is 5.24. The fourth-order valence-electron chi connectivity index (χ4n) is 3.72. The minimum atomic E-state index is -0.754. The standard InChI is InChI=1S/C24H27NO5/c1-4-13-25-21(17-11-12-18(26)19(14-17)30-6-3)20(23(28)24(25)29)22(27)16-9-7-15(5-2)8-10-16/h7-12,14,21,26-27H,4-6,13H2,1-3H3/b22-20-. The molecule has 6 heteroatoms. The molecule has 0 saturated carbocycles. The summed E-state index contributed by atoms with van der Waals surface area (Å²) >= 11 is 0. The van der Waals surface area contributed by atoms with Crippen LogP contribution >= 0.6 is 0 Å². The molecule has 2 aromatic rings. The normalized spacial score (nSPS) is 18.1. The molecule has 3 rings (SSSR count). The SMILES string of the molecule is CCCN1C(=O)C(=O)/C(=C(\O)c2ccc(CC)cc2)C1c1ccc(O)c(OCC)c1. The van der Waals surface area contributed by atoms with Crippen LogP contribution in [0.4, 0.5) is 0 Å². The maximum absolute atomic E-state index is 12.9. The maximum atomic E-state index is 12.9. The van der Waals surface area contributed by atoms with Gasteiger partial charge in [-0.1, -0.05) is 44.2 Å². The number of amides is 1. The molecule has 0 spiro atoms. The van der Waals surface area contributed by atoms with Gasteiger partial charge in [0.1, 0.15) is 5.76 Å². The Bertz CT molecular complexity index is 978. The lowest BCUT2D eigenvalue weighted by Gasteiger charge is -2.25. The second kappa shape index (κ2) is 9.03. The van der Waals surface area contributed by atoms with Gasteiger partial charge in [0.25, 0.3) is 11.7 Å². The van der Waals surface area contributed by atoms with Crippen LogP contribution in [0.3, 0.4) is 0 Å². The van der Waals surface area contributed by atoms with E-state index in [4.69, 9.17) is 4.74 Å². The van der Waals surface area contributed by atoms with Crippen molar-refractivity contribution < 1.29 is 24.5 Å². The lowest BCUT2D eigenvalue weighted by molar-refractivity contribution is -0.139. The van der Waals surface area contributed by atoms with Crippen molar-refractivity contribution >= 4 is 17.4 Å². The van der Waals surface area contributed by atoms with Gasteiger partial charge in [0.2, 0.25) is 0 Å². The number of Topliss-reactive ketones (excluding diaryl/α,β-unsaturated/α-hetero) is 1. The Labute approximate surface area is 176 Å². The molecule has 1 saturated heterocycles. The molecular formula is C24H27NO5. The average Bonchev–Trinajstić information content (AvgIpc) is 3.00. The molecule has 1 amide bonds. The molecule has 1 atom stereocenters. The van der Waals surface area contributed by atoms with Gasteiger partial charge < -0.3 is 19.8 Å². The lowest BCUT2D eigenvalue weighted by Crippen LogP contribution is -2.30. The molecule has 30 heavy (non-hydrogen) atoms. The third-order valence-electron chi connectivity index (χ3n) is 5.24. The molecule has 1 heterocycles. The van der Waals surface area contributed by atoms with Gasteiger partial charge in [0, 0.05) is 12.1 Å². The molecule has 0 radical (unpaired) electrons. The van der Waals surface area contributed by atoms with Gasteiger partial charge in [-0.05, 0) is 43.0 Å². The van der Waals surface area contributed by atoms with Crippen molar-refractivity contribution in [2.24, 2.45) is 0 Å². The van der Waals surface area contributed by atoms with Crippen molar-refractivity contribution in [1.29, 1.82) is 0 Å². The summed E-state index contributed by atoms with van der Waals surface area (Å²) in [6, 6.07) is 11.3.